The van der Waals surface area contributed by atoms with Crippen molar-refractivity contribution < 1.29 is 28.3 Å². The average Bonchev–Trinajstić information content (AvgIpc) is 3.38. The van der Waals surface area contributed by atoms with Crippen molar-refractivity contribution in [2.24, 2.45) is 5.92 Å². The zero-order chi connectivity index (χ0) is 26.9. The maximum Gasteiger partial charge on any atom is 0.308 e. The van der Waals surface area contributed by atoms with E-state index in [2.05, 4.69) is 15.5 Å². The first-order valence-corrected chi connectivity index (χ1v) is 13.1. The van der Waals surface area contributed by atoms with Crippen LogP contribution in [0.15, 0.2) is 52.9 Å². The zero-order valence-electron chi connectivity index (χ0n) is 21.8. The van der Waals surface area contributed by atoms with Crippen LogP contribution in [0.25, 0.3) is 11.5 Å². The van der Waals surface area contributed by atoms with Crippen molar-refractivity contribution in [2.45, 2.75) is 58.5 Å². The molecule has 0 atom stereocenters. The van der Waals surface area contributed by atoms with Gasteiger partial charge in [-0.3, -0.25) is 14.4 Å². The molecule has 1 saturated carbocycles. The Morgan fingerprint density at radius 2 is 1.63 bits per heavy atom. The van der Waals surface area contributed by atoms with Crippen LogP contribution in [0.2, 0.25) is 0 Å². The Morgan fingerprint density at radius 1 is 0.947 bits per heavy atom. The van der Waals surface area contributed by atoms with Gasteiger partial charge in [0.1, 0.15) is 5.75 Å². The van der Waals surface area contributed by atoms with Crippen LogP contribution in [0.5, 0.6) is 5.75 Å². The van der Waals surface area contributed by atoms with Gasteiger partial charge in [0.05, 0.1) is 18.6 Å². The number of carbonyl (C=O) groups is 3. The van der Waals surface area contributed by atoms with E-state index < -0.39 is 0 Å². The number of rotatable bonds is 11. The Labute approximate surface area is 221 Å². The minimum atomic E-state index is -0.205. The molecule has 0 spiro atoms. The summed E-state index contributed by atoms with van der Waals surface area (Å²) in [4.78, 5) is 36.9. The Bertz CT molecular complexity index is 1230. The fraction of sp³-hybridized carbons (Fsp3) is 0.414. The number of benzene rings is 2. The van der Waals surface area contributed by atoms with Gasteiger partial charge in [0.25, 0.3) is 5.91 Å². The summed E-state index contributed by atoms with van der Waals surface area (Å²) in [6.07, 6.45) is 4.06. The van der Waals surface area contributed by atoms with E-state index in [1.54, 1.807) is 43.3 Å². The van der Waals surface area contributed by atoms with Crippen molar-refractivity contribution in [3.05, 3.63) is 65.5 Å². The third-order valence-electron chi connectivity index (χ3n) is 6.56. The molecule has 9 heteroatoms. The van der Waals surface area contributed by atoms with E-state index in [1.165, 1.54) is 0 Å². The summed E-state index contributed by atoms with van der Waals surface area (Å²) in [5.74, 6) is 1.26. The van der Waals surface area contributed by atoms with Gasteiger partial charge in [-0.2, -0.15) is 0 Å². The van der Waals surface area contributed by atoms with E-state index >= 15 is 0 Å². The molecule has 38 heavy (non-hydrogen) atoms. The van der Waals surface area contributed by atoms with Gasteiger partial charge < -0.3 is 19.2 Å². The summed E-state index contributed by atoms with van der Waals surface area (Å²) in [7, 11) is 0. The summed E-state index contributed by atoms with van der Waals surface area (Å²) in [5.41, 5.74) is 1.87. The summed E-state index contributed by atoms with van der Waals surface area (Å²) >= 11 is 0. The second kappa shape index (κ2) is 13.0. The molecule has 1 N–H and O–H groups in total. The molecule has 0 unspecified atom stereocenters. The standard InChI is InChI=1S/C29H33N3O6/c1-3-36-29(35)23-12-16-25(17-13-23)38-24-14-10-20(11-15-24)26(33)5-4-18-30-27(34)21-6-8-22(9-7-21)28-32-31-19(2)37-28/h6-11,14-15,23,25H,3-5,12-13,16-18H2,1-2H3,(H,30,34). The summed E-state index contributed by atoms with van der Waals surface area (Å²) < 4.78 is 16.6. The topological polar surface area (TPSA) is 121 Å². The molecule has 1 fully saturated rings. The van der Waals surface area contributed by atoms with Gasteiger partial charge in [-0.25, -0.2) is 0 Å². The second-order valence-corrected chi connectivity index (χ2v) is 9.35. The highest BCUT2D eigenvalue weighted by molar-refractivity contribution is 5.96. The molecular weight excluding hydrogens is 486 g/mol. The molecule has 0 bridgehead atoms. The Kier molecular flexibility index (Phi) is 9.24. The lowest BCUT2D eigenvalue weighted by molar-refractivity contribution is -0.149. The highest BCUT2D eigenvalue weighted by atomic mass is 16.5. The largest absolute Gasteiger partial charge is 0.490 e. The monoisotopic (exact) mass is 519 g/mol. The van der Waals surface area contributed by atoms with E-state index in [-0.39, 0.29) is 29.7 Å². The molecule has 0 aliphatic heterocycles. The zero-order valence-corrected chi connectivity index (χ0v) is 21.8. The van der Waals surface area contributed by atoms with Crippen LogP contribution in [0.3, 0.4) is 0 Å². The molecule has 3 aromatic rings. The normalized spacial score (nSPS) is 17.0. The first kappa shape index (κ1) is 27.0. The van der Waals surface area contributed by atoms with Crippen LogP contribution in [-0.4, -0.2) is 47.1 Å². The molecule has 1 aromatic heterocycles. The van der Waals surface area contributed by atoms with Crippen molar-refractivity contribution in [3.63, 3.8) is 0 Å². The fourth-order valence-corrected chi connectivity index (χ4v) is 4.46. The second-order valence-electron chi connectivity index (χ2n) is 9.35. The van der Waals surface area contributed by atoms with Crippen LogP contribution in [0.4, 0.5) is 0 Å². The molecule has 0 saturated heterocycles. The maximum atomic E-state index is 12.6. The lowest BCUT2D eigenvalue weighted by Gasteiger charge is -2.27. The quantitative estimate of drug-likeness (QED) is 0.215. The predicted octanol–water partition coefficient (Wildman–Crippen LogP) is 4.94. The number of ether oxygens (including phenoxy) is 2. The van der Waals surface area contributed by atoms with E-state index in [1.807, 2.05) is 19.1 Å². The third-order valence-corrected chi connectivity index (χ3v) is 6.56. The maximum absolute atomic E-state index is 12.6. The van der Waals surface area contributed by atoms with E-state index in [0.717, 1.165) is 31.2 Å². The van der Waals surface area contributed by atoms with Crippen molar-refractivity contribution in [1.82, 2.24) is 15.5 Å². The molecule has 200 valence electrons. The van der Waals surface area contributed by atoms with Crippen molar-refractivity contribution in [1.29, 1.82) is 0 Å². The van der Waals surface area contributed by atoms with Gasteiger partial charge in [0.15, 0.2) is 5.78 Å². The van der Waals surface area contributed by atoms with Gasteiger partial charge >= 0.3 is 5.97 Å². The van der Waals surface area contributed by atoms with Crippen LogP contribution in [0, 0.1) is 12.8 Å². The SMILES string of the molecule is CCOC(=O)C1CCC(Oc2ccc(C(=O)CCCNC(=O)c3ccc(-c4nnc(C)o4)cc3)cc2)CC1. The average molecular weight is 520 g/mol. The number of ketones is 1. The summed E-state index contributed by atoms with van der Waals surface area (Å²) in [6.45, 7) is 4.34. The van der Waals surface area contributed by atoms with Crippen LogP contribution >= 0.6 is 0 Å². The molecule has 4 rings (SSSR count). The Balaban J connectivity index is 1.16. The van der Waals surface area contributed by atoms with Gasteiger partial charge in [-0.05, 0) is 87.6 Å². The smallest absolute Gasteiger partial charge is 0.308 e. The molecule has 2 aromatic carbocycles. The number of amides is 1. The van der Waals surface area contributed by atoms with Gasteiger partial charge in [-0.1, -0.05) is 0 Å². The molecule has 1 amide bonds. The molecule has 9 nitrogen and oxygen atoms in total. The van der Waals surface area contributed by atoms with Gasteiger partial charge in [-0.15, -0.1) is 10.2 Å². The number of Topliss-reactive ketones (excluding diaryl/α,β-unsaturated/α-hetero) is 1. The first-order valence-electron chi connectivity index (χ1n) is 13.1. The molecule has 1 aliphatic rings. The van der Waals surface area contributed by atoms with Crippen LogP contribution in [-0.2, 0) is 9.53 Å². The third kappa shape index (κ3) is 7.27. The van der Waals surface area contributed by atoms with Gasteiger partial charge in [0.2, 0.25) is 11.8 Å². The minimum Gasteiger partial charge on any atom is -0.490 e. The predicted molar refractivity (Wildman–Crippen MR) is 140 cm³/mol. The molecule has 0 radical (unpaired) electrons. The number of carbonyl (C=O) groups excluding carboxylic acids is 3. The summed E-state index contributed by atoms with van der Waals surface area (Å²) in [5, 5.41) is 10.6. The van der Waals surface area contributed by atoms with E-state index in [4.69, 9.17) is 13.9 Å². The highest BCUT2D eigenvalue weighted by Gasteiger charge is 2.28. The van der Waals surface area contributed by atoms with Crippen molar-refractivity contribution in [3.8, 4) is 17.2 Å². The number of aryl methyl sites for hydroxylation is 1. The van der Waals surface area contributed by atoms with Gasteiger partial charge in [0, 0.05) is 36.6 Å². The Hall–Kier alpha value is -4.01. The number of nitrogens with one attached hydrogen (secondary N) is 1. The number of hydrogen-bond donors (Lipinski definition) is 1. The number of nitrogens with zero attached hydrogens (tertiary/aromatic N) is 2. The van der Waals surface area contributed by atoms with E-state index in [0.29, 0.717) is 54.7 Å². The number of esters is 1. The number of hydrogen-bond acceptors (Lipinski definition) is 8. The van der Waals surface area contributed by atoms with Crippen molar-refractivity contribution >= 4 is 17.7 Å². The minimum absolute atomic E-state index is 0.0138. The molecular formula is C29H33N3O6. The van der Waals surface area contributed by atoms with Crippen LogP contribution in [0.1, 0.15) is 72.1 Å². The van der Waals surface area contributed by atoms with Crippen molar-refractivity contribution in [2.75, 3.05) is 13.2 Å². The number of aromatic nitrogens is 2. The van der Waals surface area contributed by atoms with Crippen LogP contribution < -0.4 is 10.1 Å². The highest BCUT2D eigenvalue weighted by Crippen LogP contribution is 2.29. The lowest BCUT2D eigenvalue weighted by Crippen LogP contribution is -2.29. The molecule has 1 heterocycles. The van der Waals surface area contributed by atoms with E-state index in [9.17, 15) is 14.4 Å². The molecule has 1 aliphatic carbocycles. The fourth-order valence-electron chi connectivity index (χ4n) is 4.46. The first-order chi connectivity index (χ1) is 18.4. The lowest BCUT2D eigenvalue weighted by atomic mass is 9.87. The Morgan fingerprint density at radius 3 is 2.26 bits per heavy atom. The summed E-state index contributed by atoms with van der Waals surface area (Å²) in [6, 6.07) is 14.1.